The molecule has 1 aromatic heterocycles. The van der Waals surface area contributed by atoms with Crippen molar-refractivity contribution >= 4 is 34.3 Å². The van der Waals surface area contributed by atoms with E-state index in [4.69, 9.17) is 10.8 Å². The van der Waals surface area contributed by atoms with Crippen LogP contribution in [0.5, 0.6) is 0 Å². The lowest BCUT2D eigenvalue weighted by Crippen LogP contribution is -2.64. The number of hydrogen-bond acceptors (Lipinski definition) is 7. The van der Waals surface area contributed by atoms with Crippen LogP contribution in [0.15, 0.2) is 5.38 Å². The van der Waals surface area contributed by atoms with E-state index in [-0.39, 0.29) is 12.2 Å². The first-order valence-electron chi connectivity index (χ1n) is 5.79. The average Bonchev–Trinajstić information content (AvgIpc) is 2.82. The molecular formula is C11H14N4O4S. The highest BCUT2D eigenvalue weighted by atomic mass is 32.1. The van der Waals surface area contributed by atoms with Gasteiger partial charge in [0.2, 0.25) is 5.91 Å². The standard InChI is InChI=1S/C11H14N4O4S/c1-11(2)9(19)14-6(16)3-15(11)10-13-5(4-20-10)7(12)8(17)18/h4,7H,3,12H2,1-2H3,(H,17,18)(H,14,16,19). The number of nitrogens with one attached hydrogen (secondary N) is 1. The molecule has 1 atom stereocenters. The number of rotatable bonds is 3. The molecular weight excluding hydrogens is 284 g/mol. The molecule has 1 fully saturated rings. The molecule has 8 nitrogen and oxygen atoms in total. The minimum absolute atomic E-state index is 0.0198. The van der Waals surface area contributed by atoms with E-state index in [2.05, 4.69) is 10.3 Å². The van der Waals surface area contributed by atoms with E-state index in [9.17, 15) is 14.4 Å². The van der Waals surface area contributed by atoms with Crippen molar-refractivity contribution in [3.8, 4) is 0 Å². The molecule has 4 N–H and O–H groups in total. The van der Waals surface area contributed by atoms with Crippen LogP contribution in [0.2, 0.25) is 0 Å². The monoisotopic (exact) mass is 298 g/mol. The zero-order valence-electron chi connectivity index (χ0n) is 10.9. The quantitative estimate of drug-likeness (QED) is 0.640. The van der Waals surface area contributed by atoms with Gasteiger partial charge in [0.05, 0.1) is 5.69 Å². The van der Waals surface area contributed by atoms with Gasteiger partial charge >= 0.3 is 5.97 Å². The van der Waals surface area contributed by atoms with E-state index in [1.54, 1.807) is 13.8 Å². The second kappa shape index (κ2) is 4.84. The molecule has 0 spiro atoms. The van der Waals surface area contributed by atoms with Crippen LogP contribution in [0.3, 0.4) is 0 Å². The maximum Gasteiger partial charge on any atom is 0.326 e. The molecule has 1 unspecified atom stereocenters. The van der Waals surface area contributed by atoms with E-state index in [0.717, 1.165) is 11.3 Å². The number of nitrogens with two attached hydrogens (primary N) is 1. The average molecular weight is 298 g/mol. The molecule has 0 aromatic carbocycles. The van der Waals surface area contributed by atoms with Crippen molar-refractivity contribution in [2.45, 2.75) is 25.4 Å². The van der Waals surface area contributed by atoms with Gasteiger partial charge in [0.25, 0.3) is 5.91 Å². The normalized spacial score (nSPS) is 19.6. The maximum atomic E-state index is 11.8. The zero-order valence-corrected chi connectivity index (χ0v) is 11.7. The first-order chi connectivity index (χ1) is 9.23. The van der Waals surface area contributed by atoms with Gasteiger partial charge in [-0.1, -0.05) is 0 Å². The SMILES string of the molecule is CC1(C)C(=O)NC(=O)CN1c1nc(C(N)C(=O)O)cs1. The van der Waals surface area contributed by atoms with Gasteiger partial charge in [-0.3, -0.25) is 19.7 Å². The Hall–Kier alpha value is -2.00. The molecule has 9 heteroatoms. The summed E-state index contributed by atoms with van der Waals surface area (Å²) in [5, 5.41) is 13.0. The first kappa shape index (κ1) is 14.4. The Balaban J connectivity index is 2.33. The predicted octanol–water partition coefficient (Wildman–Crippen LogP) is -0.531. The Morgan fingerprint density at radius 1 is 1.60 bits per heavy atom. The summed E-state index contributed by atoms with van der Waals surface area (Å²) in [6, 6.07) is -1.22. The molecule has 20 heavy (non-hydrogen) atoms. The van der Waals surface area contributed by atoms with Crippen molar-refractivity contribution in [3.63, 3.8) is 0 Å². The highest BCUT2D eigenvalue weighted by Gasteiger charge is 2.42. The van der Waals surface area contributed by atoms with Crippen LogP contribution in [0.1, 0.15) is 25.6 Å². The molecule has 2 rings (SSSR count). The summed E-state index contributed by atoms with van der Waals surface area (Å²) in [6.07, 6.45) is 0. The van der Waals surface area contributed by atoms with E-state index in [1.165, 1.54) is 10.3 Å². The summed E-state index contributed by atoms with van der Waals surface area (Å²) in [4.78, 5) is 39.8. The highest BCUT2D eigenvalue weighted by Crippen LogP contribution is 2.30. The summed E-state index contributed by atoms with van der Waals surface area (Å²) in [7, 11) is 0. The van der Waals surface area contributed by atoms with Crippen molar-refractivity contribution in [1.82, 2.24) is 10.3 Å². The second-order valence-corrected chi connectivity index (χ2v) is 5.73. The van der Waals surface area contributed by atoms with E-state index < -0.39 is 29.4 Å². The molecule has 2 amide bonds. The van der Waals surface area contributed by atoms with Crippen molar-refractivity contribution in [1.29, 1.82) is 0 Å². The Kier molecular flexibility index (Phi) is 3.48. The lowest BCUT2D eigenvalue weighted by molar-refractivity contribution is -0.139. The largest absolute Gasteiger partial charge is 0.480 e. The van der Waals surface area contributed by atoms with Crippen LogP contribution >= 0.6 is 11.3 Å². The zero-order chi connectivity index (χ0) is 15.1. The van der Waals surface area contributed by atoms with Crippen molar-refractivity contribution in [3.05, 3.63) is 11.1 Å². The number of hydrogen-bond donors (Lipinski definition) is 3. The lowest BCUT2D eigenvalue weighted by Gasteiger charge is -2.39. The molecule has 1 saturated heterocycles. The van der Waals surface area contributed by atoms with Gasteiger partial charge in [0.1, 0.15) is 18.1 Å². The van der Waals surface area contributed by atoms with Crippen molar-refractivity contribution in [2.75, 3.05) is 11.4 Å². The smallest absolute Gasteiger partial charge is 0.326 e. The Morgan fingerprint density at radius 3 is 2.85 bits per heavy atom. The summed E-state index contributed by atoms with van der Waals surface area (Å²) in [5.41, 5.74) is 4.74. The third-order valence-electron chi connectivity index (χ3n) is 3.11. The molecule has 0 saturated carbocycles. The number of carbonyl (C=O) groups is 3. The van der Waals surface area contributed by atoms with E-state index >= 15 is 0 Å². The minimum Gasteiger partial charge on any atom is -0.480 e. The van der Waals surface area contributed by atoms with E-state index in [1.807, 2.05) is 0 Å². The minimum atomic E-state index is -1.22. The van der Waals surface area contributed by atoms with Crippen LogP contribution in [-0.2, 0) is 14.4 Å². The number of aliphatic carboxylic acids is 1. The maximum absolute atomic E-state index is 11.8. The highest BCUT2D eigenvalue weighted by molar-refractivity contribution is 7.13. The van der Waals surface area contributed by atoms with Crippen molar-refractivity contribution < 1.29 is 19.5 Å². The van der Waals surface area contributed by atoms with Gasteiger partial charge in [0, 0.05) is 5.38 Å². The second-order valence-electron chi connectivity index (χ2n) is 4.89. The number of carbonyl (C=O) groups excluding carboxylic acids is 2. The molecule has 1 aliphatic heterocycles. The molecule has 1 aromatic rings. The van der Waals surface area contributed by atoms with Gasteiger partial charge in [-0.25, -0.2) is 4.98 Å². The molecule has 2 heterocycles. The van der Waals surface area contributed by atoms with E-state index in [0.29, 0.717) is 5.13 Å². The number of aromatic nitrogens is 1. The van der Waals surface area contributed by atoms with Gasteiger partial charge in [-0.2, -0.15) is 0 Å². The number of carboxylic acids is 1. The van der Waals surface area contributed by atoms with Gasteiger partial charge in [0.15, 0.2) is 5.13 Å². The van der Waals surface area contributed by atoms with Gasteiger partial charge < -0.3 is 15.7 Å². The van der Waals surface area contributed by atoms with Crippen LogP contribution in [-0.4, -0.2) is 40.0 Å². The number of thiazole rings is 1. The van der Waals surface area contributed by atoms with Crippen LogP contribution in [0, 0.1) is 0 Å². The Morgan fingerprint density at radius 2 is 2.25 bits per heavy atom. The summed E-state index contributed by atoms with van der Waals surface area (Å²) in [6.45, 7) is 3.30. The fraction of sp³-hybridized carbons (Fsp3) is 0.455. The third kappa shape index (κ3) is 2.37. The Bertz CT molecular complexity index is 583. The third-order valence-corrected chi connectivity index (χ3v) is 3.99. The van der Waals surface area contributed by atoms with Gasteiger partial charge in [-0.05, 0) is 13.8 Å². The Labute approximate surface area is 118 Å². The van der Waals surface area contributed by atoms with Crippen LogP contribution in [0.25, 0.3) is 0 Å². The predicted molar refractivity (Wildman–Crippen MR) is 71.3 cm³/mol. The molecule has 0 bridgehead atoms. The summed E-state index contributed by atoms with van der Waals surface area (Å²) >= 11 is 1.15. The number of amides is 2. The number of carboxylic acid groups (broad SMARTS) is 1. The number of piperazine rings is 1. The fourth-order valence-corrected chi connectivity index (χ4v) is 2.76. The molecule has 0 aliphatic carbocycles. The van der Waals surface area contributed by atoms with Crippen LogP contribution < -0.4 is 16.0 Å². The lowest BCUT2D eigenvalue weighted by atomic mass is 10.00. The number of nitrogens with zero attached hydrogens (tertiary/aromatic N) is 2. The van der Waals surface area contributed by atoms with Crippen LogP contribution in [0.4, 0.5) is 5.13 Å². The van der Waals surface area contributed by atoms with Gasteiger partial charge in [-0.15, -0.1) is 11.3 Å². The molecule has 0 radical (unpaired) electrons. The first-order valence-corrected chi connectivity index (χ1v) is 6.67. The van der Waals surface area contributed by atoms with Crippen molar-refractivity contribution in [2.24, 2.45) is 5.73 Å². The summed E-state index contributed by atoms with van der Waals surface area (Å²) in [5.74, 6) is -2.03. The molecule has 1 aliphatic rings. The summed E-state index contributed by atoms with van der Waals surface area (Å²) < 4.78 is 0. The fourth-order valence-electron chi connectivity index (χ4n) is 1.76. The topological polar surface area (TPSA) is 126 Å². The molecule has 108 valence electrons. The number of anilines is 1. The number of imide groups is 1.